The van der Waals surface area contributed by atoms with Gasteiger partial charge in [-0.15, -0.1) is 0 Å². The first-order chi connectivity index (χ1) is 9.44. The summed E-state index contributed by atoms with van der Waals surface area (Å²) >= 11 is 0. The highest BCUT2D eigenvalue weighted by molar-refractivity contribution is 5.80. The van der Waals surface area contributed by atoms with Crippen LogP contribution in [-0.4, -0.2) is 49.7 Å². The van der Waals surface area contributed by atoms with Crippen LogP contribution < -0.4 is 0 Å². The van der Waals surface area contributed by atoms with Gasteiger partial charge in [-0.05, 0) is 18.3 Å². The Kier molecular flexibility index (Phi) is 4.68. The summed E-state index contributed by atoms with van der Waals surface area (Å²) in [5.41, 5.74) is 0.0905. The van der Waals surface area contributed by atoms with Crippen LogP contribution in [0.2, 0.25) is 0 Å². The average Bonchev–Trinajstić information content (AvgIpc) is 2.77. The predicted molar refractivity (Wildman–Crippen MR) is 74.1 cm³/mol. The summed E-state index contributed by atoms with van der Waals surface area (Å²) in [5.74, 6) is 0.0514. The van der Waals surface area contributed by atoms with Crippen molar-refractivity contribution < 1.29 is 19.1 Å². The van der Waals surface area contributed by atoms with Crippen molar-refractivity contribution >= 4 is 11.9 Å². The molecule has 1 aliphatic carbocycles. The van der Waals surface area contributed by atoms with Crippen molar-refractivity contribution in [3.63, 3.8) is 0 Å². The van der Waals surface area contributed by atoms with E-state index in [1.54, 1.807) is 0 Å². The van der Waals surface area contributed by atoms with Gasteiger partial charge in [0.15, 0.2) is 0 Å². The third-order valence-electron chi connectivity index (χ3n) is 4.63. The van der Waals surface area contributed by atoms with E-state index < -0.39 is 0 Å². The molecule has 2 rings (SSSR count). The molecular formula is C15H25NO4. The van der Waals surface area contributed by atoms with Crippen molar-refractivity contribution in [2.45, 2.75) is 45.6 Å². The number of carbonyl (C=O) groups is 2. The molecule has 0 radical (unpaired) electrons. The second kappa shape index (κ2) is 6.12. The molecule has 0 aromatic rings. The molecule has 5 nitrogen and oxygen atoms in total. The third-order valence-corrected chi connectivity index (χ3v) is 4.63. The Morgan fingerprint density at radius 3 is 2.75 bits per heavy atom. The van der Waals surface area contributed by atoms with Gasteiger partial charge in [-0.1, -0.05) is 20.3 Å². The number of nitrogens with zero attached hydrogens (tertiary/aromatic N) is 1. The number of hydrogen-bond donors (Lipinski definition) is 0. The van der Waals surface area contributed by atoms with Gasteiger partial charge in [0.05, 0.1) is 26.2 Å². The molecule has 2 aliphatic rings. The first kappa shape index (κ1) is 15.3. The van der Waals surface area contributed by atoms with Gasteiger partial charge in [-0.2, -0.15) is 0 Å². The van der Waals surface area contributed by atoms with Gasteiger partial charge in [-0.3, -0.25) is 9.59 Å². The lowest BCUT2D eigenvalue weighted by Gasteiger charge is -2.37. The standard InChI is InChI=1S/C15H25NO4/c1-15(2)6-4-5-12(15)14(18)16-7-8-20-11(10-16)9-13(17)19-3/h11-12H,4-10H2,1-3H3. The summed E-state index contributed by atoms with van der Waals surface area (Å²) in [6.45, 7) is 5.98. The Labute approximate surface area is 120 Å². The topological polar surface area (TPSA) is 55.8 Å². The highest BCUT2D eigenvalue weighted by atomic mass is 16.5. The van der Waals surface area contributed by atoms with Gasteiger partial charge in [0, 0.05) is 19.0 Å². The Morgan fingerprint density at radius 1 is 1.40 bits per heavy atom. The lowest BCUT2D eigenvalue weighted by atomic mass is 9.81. The fourth-order valence-electron chi connectivity index (χ4n) is 3.32. The fourth-order valence-corrected chi connectivity index (χ4v) is 3.32. The monoisotopic (exact) mass is 283 g/mol. The average molecular weight is 283 g/mol. The molecule has 0 aromatic heterocycles. The highest BCUT2D eigenvalue weighted by Gasteiger charge is 2.42. The molecule has 0 spiro atoms. The minimum absolute atomic E-state index is 0.0905. The van der Waals surface area contributed by atoms with Crippen LogP contribution in [0.3, 0.4) is 0 Å². The van der Waals surface area contributed by atoms with Gasteiger partial charge < -0.3 is 14.4 Å². The quantitative estimate of drug-likeness (QED) is 0.738. The number of amides is 1. The summed E-state index contributed by atoms with van der Waals surface area (Å²) in [6, 6.07) is 0. The molecule has 1 saturated heterocycles. The second-order valence-electron chi connectivity index (χ2n) is 6.49. The molecule has 0 bridgehead atoms. The van der Waals surface area contributed by atoms with E-state index in [0.29, 0.717) is 19.7 Å². The lowest BCUT2D eigenvalue weighted by Crippen LogP contribution is -2.49. The van der Waals surface area contributed by atoms with Crippen LogP contribution in [0, 0.1) is 11.3 Å². The molecule has 1 saturated carbocycles. The predicted octanol–water partition coefficient (Wildman–Crippen LogP) is 1.60. The van der Waals surface area contributed by atoms with Crippen LogP contribution in [-0.2, 0) is 19.1 Å². The first-order valence-electron chi connectivity index (χ1n) is 7.41. The van der Waals surface area contributed by atoms with Crippen LogP contribution in [0.4, 0.5) is 0 Å². The fraction of sp³-hybridized carbons (Fsp3) is 0.867. The minimum Gasteiger partial charge on any atom is -0.469 e. The molecule has 2 unspecified atom stereocenters. The third kappa shape index (κ3) is 3.32. The van der Waals surface area contributed by atoms with E-state index in [2.05, 4.69) is 18.6 Å². The van der Waals surface area contributed by atoms with Crippen LogP contribution in [0.25, 0.3) is 0 Å². The van der Waals surface area contributed by atoms with Crippen molar-refractivity contribution in [2.24, 2.45) is 11.3 Å². The van der Waals surface area contributed by atoms with Crippen molar-refractivity contribution in [3.8, 4) is 0 Å². The highest BCUT2D eigenvalue weighted by Crippen LogP contribution is 2.43. The van der Waals surface area contributed by atoms with Crippen molar-refractivity contribution in [1.82, 2.24) is 4.90 Å². The number of carbonyl (C=O) groups excluding carboxylic acids is 2. The molecule has 20 heavy (non-hydrogen) atoms. The minimum atomic E-state index is -0.287. The zero-order chi connectivity index (χ0) is 14.8. The molecule has 1 heterocycles. The van der Waals surface area contributed by atoms with E-state index in [9.17, 15) is 9.59 Å². The number of morpholine rings is 1. The largest absolute Gasteiger partial charge is 0.469 e. The van der Waals surface area contributed by atoms with E-state index >= 15 is 0 Å². The zero-order valence-corrected chi connectivity index (χ0v) is 12.7. The first-order valence-corrected chi connectivity index (χ1v) is 7.41. The van der Waals surface area contributed by atoms with E-state index in [1.807, 2.05) is 4.90 Å². The smallest absolute Gasteiger partial charge is 0.308 e. The van der Waals surface area contributed by atoms with Gasteiger partial charge >= 0.3 is 5.97 Å². The van der Waals surface area contributed by atoms with Crippen molar-refractivity contribution in [2.75, 3.05) is 26.8 Å². The van der Waals surface area contributed by atoms with Crippen molar-refractivity contribution in [1.29, 1.82) is 0 Å². The molecule has 2 atom stereocenters. The zero-order valence-electron chi connectivity index (χ0n) is 12.7. The molecule has 5 heteroatoms. The molecule has 1 amide bonds. The second-order valence-corrected chi connectivity index (χ2v) is 6.49. The van der Waals surface area contributed by atoms with Crippen LogP contribution in [0.5, 0.6) is 0 Å². The summed E-state index contributed by atoms with van der Waals surface area (Å²) in [6.07, 6.45) is 3.20. The number of esters is 1. The van der Waals surface area contributed by atoms with E-state index in [0.717, 1.165) is 19.3 Å². The normalized spacial score (nSPS) is 29.2. The Balaban J connectivity index is 1.95. The molecule has 114 valence electrons. The number of ether oxygens (including phenoxy) is 2. The van der Waals surface area contributed by atoms with Crippen LogP contribution in [0.15, 0.2) is 0 Å². The van der Waals surface area contributed by atoms with E-state index in [-0.39, 0.29) is 35.7 Å². The van der Waals surface area contributed by atoms with Crippen LogP contribution >= 0.6 is 0 Å². The Hall–Kier alpha value is -1.10. The van der Waals surface area contributed by atoms with Gasteiger partial charge in [0.25, 0.3) is 0 Å². The number of rotatable bonds is 3. The maximum absolute atomic E-state index is 12.7. The van der Waals surface area contributed by atoms with E-state index in [1.165, 1.54) is 7.11 Å². The summed E-state index contributed by atoms with van der Waals surface area (Å²) in [7, 11) is 1.37. The molecular weight excluding hydrogens is 258 g/mol. The van der Waals surface area contributed by atoms with Gasteiger partial charge in [0.2, 0.25) is 5.91 Å². The number of methoxy groups -OCH3 is 1. The van der Waals surface area contributed by atoms with Crippen molar-refractivity contribution in [3.05, 3.63) is 0 Å². The Morgan fingerprint density at radius 2 is 2.15 bits per heavy atom. The maximum Gasteiger partial charge on any atom is 0.308 e. The molecule has 0 aromatic carbocycles. The van der Waals surface area contributed by atoms with E-state index in [4.69, 9.17) is 4.74 Å². The summed E-state index contributed by atoms with van der Waals surface area (Å²) in [4.78, 5) is 25.9. The van der Waals surface area contributed by atoms with Crippen LogP contribution in [0.1, 0.15) is 39.5 Å². The lowest BCUT2D eigenvalue weighted by molar-refractivity contribution is -0.153. The van der Waals surface area contributed by atoms with Gasteiger partial charge in [-0.25, -0.2) is 0 Å². The number of hydrogen-bond acceptors (Lipinski definition) is 4. The molecule has 2 fully saturated rings. The summed E-state index contributed by atoms with van der Waals surface area (Å²) in [5, 5.41) is 0. The maximum atomic E-state index is 12.7. The van der Waals surface area contributed by atoms with Gasteiger partial charge in [0.1, 0.15) is 0 Å². The molecule has 1 aliphatic heterocycles. The SMILES string of the molecule is COC(=O)CC1CN(C(=O)C2CCCC2(C)C)CCO1. The Bertz CT molecular complexity index is 380. The molecule has 0 N–H and O–H groups in total. The summed E-state index contributed by atoms with van der Waals surface area (Å²) < 4.78 is 10.2.